The molecule has 2 fully saturated rings. The summed E-state index contributed by atoms with van der Waals surface area (Å²) in [5.74, 6) is 0.376. The molecule has 3 aromatic rings. The van der Waals surface area contributed by atoms with E-state index in [-0.39, 0.29) is 34.6 Å². The van der Waals surface area contributed by atoms with E-state index in [1.54, 1.807) is 42.7 Å². The molecule has 2 aliphatic rings. The molecule has 1 aromatic heterocycles. The number of rotatable bonds is 9. The van der Waals surface area contributed by atoms with E-state index >= 15 is 0 Å². The maximum Gasteiger partial charge on any atom is 0.243 e. The van der Waals surface area contributed by atoms with Crippen LogP contribution < -0.4 is 10.1 Å². The number of sulfonamides is 1. The first kappa shape index (κ1) is 27.1. The van der Waals surface area contributed by atoms with Gasteiger partial charge in [-0.15, -0.1) is 0 Å². The number of hydrogen-bond acceptors (Lipinski definition) is 9. The highest BCUT2D eigenvalue weighted by Crippen LogP contribution is 2.37. The molecule has 2 aliphatic heterocycles. The van der Waals surface area contributed by atoms with Gasteiger partial charge in [-0.25, -0.2) is 16.8 Å². The summed E-state index contributed by atoms with van der Waals surface area (Å²) in [4.78, 5) is 0.419. The Bertz CT molecular complexity index is 1490. The van der Waals surface area contributed by atoms with Crippen molar-refractivity contribution in [3.8, 4) is 5.75 Å². The number of aliphatic hydroxyl groups is 1. The molecular weight excluding hydrogens is 532 g/mol. The van der Waals surface area contributed by atoms with Crippen LogP contribution in [0.25, 0.3) is 11.0 Å². The van der Waals surface area contributed by atoms with Crippen LogP contribution in [0, 0.1) is 0 Å². The van der Waals surface area contributed by atoms with Crippen molar-refractivity contribution in [2.45, 2.75) is 46.8 Å². The van der Waals surface area contributed by atoms with Gasteiger partial charge in [0.2, 0.25) is 10.0 Å². The van der Waals surface area contributed by atoms with Crippen LogP contribution >= 0.6 is 0 Å². The molecule has 2 unspecified atom stereocenters. The van der Waals surface area contributed by atoms with Gasteiger partial charge in [0, 0.05) is 37.3 Å². The Morgan fingerprint density at radius 3 is 2.66 bits per heavy atom. The maximum absolute atomic E-state index is 13.2. The molecule has 0 amide bonds. The summed E-state index contributed by atoms with van der Waals surface area (Å²) in [6, 6.07) is 12.9. The summed E-state index contributed by atoms with van der Waals surface area (Å²) < 4.78 is 68.4. The van der Waals surface area contributed by atoms with E-state index in [2.05, 4.69) is 5.32 Å². The van der Waals surface area contributed by atoms with Gasteiger partial charge in [0.25, 0.3) is 0 Å². The minimum Gasteiger partial charge on any atom is -0.491 e. The van der Waals surface area contributed by atoms with Gasteiger partial charge >= 0.3 is 0 Å². The van der Waals surface area contributed by atoms with E-state index in [0.717, 1.165) is 18.1 Å². The number of fused-ring (bicyclic) bond motifs is 1. The van der Waals surface area contributed by atoms with Crippen LogP contribution in [0.15, 0.2) is 69.0 Å². The topological polar surface area (TPSA) is 135 Å². The first-order valence-electron chi connectivity index (χ1n) is 12.5. The average Bonchev–Trinajstić information content (AvgIpc) is 3.53. The van der Waals surface area contributed by atoms with E-state index in [1.807, 2.05) is 0 Å². The molecule has 3 heterocycles. The number of aliphatic hydroxyl groups excluding tert-OH is 1. The summed E-state index contributed by atoms with van der Waals surface area (Å²) in [6.07, 6.45) is 3.80. The molecule has 2 N–H and O–H groups in total. The molecule has 2 atom stereocenters. The molecular formula is C26H32N2O8S2. The molecule has 5 rings (SSSR count). The first-order chi connectivity index (χ1) is 18.0. The van der Waals surface area contributed by atoms with Crippen molar-refractivity contribution in [2.75, 3.05) is 39.1 Å². The second kappa shape index (κ2) is 10.6. The van der Waals surface area contributed by atoms with Gasteiger partial charge in [-0.1, -0.05) is 6.07 Å². The van der Waals surface area contributed by atoms with Crippen molar-refractivity contribution >= 4 is 30.8 Å². The number of ether oxygens (including phenoxy) is 2. The highest BCUT2D eigenvalue weighted by Gasteiger charge is 2.44. The Kier molecular flexibility index (Phi) is 7.55. The zero-order valence-corrected chi connectivity index (χ0v) is 22.7. The Balaban J connectivity index is 1.09. The largest absolute Gasteiger partial charge is 0.491 e. The van der Waals surface area contributed by atoms with Crippen molar-refractivity contribution in [1.82, 2.24) is 9.62 Å². The quantitative estimate of drug-likeness (QED) is 0.401. The summed E-state index contributed by atoms with van der Waals surface area (Å²) in [7, 11) is -6.95. The van der Waals surface area contributed by atoms with E-state index in [0.29, 0.717) is 43.9 Å². The molecule has 2 saturated heterocycles. The van der Waals surface area contributed by atoms with Crippen LogP contribution in [0.4, 0.5) is 0 Å². The van der Waals surface area contributed by atoms with Crippen LogP contribution in [0.2, 0.25) is 0 Å². The molecule has 12 heteroatoms. The molecule has 1 spiro atoms. The van der Waals surface area contributed by atoms with Crippen molar-refractivity contribution in [3.63, 3.8) is 0 Å². The monoisotopic (exact) mass is 564 g/mol. The number of furan rings is 1. The fourth-order valence-corrected chi connectivity index (χ4v) is 7.19. The third kappa shape index (κ3) is 5.90. The predicted molar refractivity (Wildman–Crippen MR) is 140 cm³/mol. The molecule has 0 bridgehead atoms. The van der Waals surface area contributed by atoms with Gasteiger partial charge in [0.15, 0.2) is 9.84 Å². The predicted octanol–water partition coefficient (Wildman–Crippen LogP) is 2.18. The van der Waals surface area contributed by atoms with Gasteiger partial charge in [-0.3, -0.25) is 0 Å². The molecule has 0 saturated carbocycles. The summed E-state index contributed by atoms with van der Waals surface area (Å²) in [5.41, 5.74) is 0.267. The van der Waals surface area contributed by atoms with Crippen molar-refractivity contribution in [3.05, 3.63) is 54.8 Å². The van der Waals surface area contributed by atoms with Gasteiger partial charge in [0.05, 0.1) is 28.3 Å². The van der Waals surface area contributed by atoms with Crippen LogP contribution in [-0.2, 0) is 24.6 Å². The van der Waals surface area contributed by atoms with Gasteiger partial charge in [-0.2, -0.15) is 4.31 Å². The molecule has 2 aromatic carbocycles. The zero-order valence-electron chi connectivity index (χ0n) is 21.1. The zero-order chi connectivity index (χ0) is 27.0. The van der Waals surface area contributed by atoms with E-state index < -0.39 is 26.0 Å². The Morgan fingerprint density at radius 2 is 1.89 bits per heavy atom. The van der Waals surface area contributed by atoms with Crippen molar-refractivity contribution in [2.24, 2.45) is 0 Å². The van der Waals surface area contributed by atoms with Crippen LogP contribution in [-0.4, -0.2) is 83.1 Å². The number of benzene rings is 2. The lowest BCUT2D eigenvalue weighted by molar-refractivity contribution is -0.0312. The highest BCUT2D eigenvalue weighted by molar-refractivity contribution is 7.90. The van der Waals surface area contributed by atoms with Gasteiger partial charge in [0.1, 0.15) is 24.0 Å². The second-order valence-corrected chi connectivity index (χ2v) is 14.0. The van der Waals surface area contributed by atoms with Crippen LogP contribution in [0.1, 0.15) is 19.3 Å². The normalized spacial score (nSPS) is 21.2. The summed E-state index contributed by atoms with van der Waals surface area (Å²) in [6.45, 7) is 1.53. The van der Waals surface area contributed by atoms with Gasteiger partial charge in [-0.05, 0) is 61.7 Å². The lowest BCUT2D eigenvalue weighted by atomic mass is 9.88. The molecule has 0 radical (unpaired) electrons. The van der Waals surface area contributed by atoms with Crippen molar-refractivity contribution in [1.29, 1.82) is 0 Å². The number of piperidine rings is 1. The summed E-state index contributed by atoms with van der Waals surface area (Å²) >= 11 is 0. The first-order valence-corrected chi connectivity index (χ1v) is 15.8. The lowest BCUT2D eigenvalue weighted by Gasteiger charge is -2.38. The Morgan fingerprint density at radius 1 is 1.11 bits per heavy atom. The fourth-order valence-electron chi connectivity index (χ4n) is 5.06. The van der Waals surface area contributed by atoms with Gasteiger partial charge < -0.3 is 24.3 Å². The molecule has 10 nitrogen and oxygen atoms in total. The molecule has 206 valence electrons. The van der Waals surface area contributed by atoms with Crippen LogP contribution in [0.5, 0.6) is 5.75 Å². The highest BCUT2D eigenvalue weighted by atomic mass is 32.2. The SMILES string of the molecule is CS(=O)(=O)c1cccc(OCC(O)CNC2COC3(CCN(S(=O)(=O)c4ccc5occc5c4)CC3)C2)c1. The Hall–Kier alpha value is -2.48. The number of sulfone groups is 1. The third-order valence-corrected chi connectivity index (χ3v) is 10.2. The number of nitrogens with zero attached hydrogens (tertiary/aromatic N) is 1. The minimum atomic E-state index is -3.61. The number of nitrogens with one attached hydrogen (secondary N) is 1. The average molecular weight is 565 g/mol. The minimum absolute atomic E-state index is 0.0103. The van der Waals surface area contributed by atoms with E-state index in [9.17, 15) is 21.9 Å². The van der Waals surface area contributed by atoms with E-state index in [4.69, 9.17) is 13.9 Å². The van der Waals surface area contributed by atoms with Crippen LogP contribution in [0.3, 0.4) is 0 Å². The fraction of sp³-hybridized carbons (Fsp3) is 0.462. The number of hydrogen-bond donors (Lipinski definition) is 2. The smallest absolute Gasteiger partial charge is 0.243 e. The Labute approximate surface area is 222 Å². The lowest BCUT2D eigenvalue weighted by Crippen LogP contribution is -2.47. The van der Waals surface area contributed by atoms with E-state index in [1.165, 1.54) is 16.4 Å². The molecule has 38 heavy (non-hydrogen) atoms. The second-order valence-electron chi connectivity index (χ2n) is 10.0. The molecule has 0 aliphatic carbocycles. The maximum atomic E-state index is 13.2. The summed E-state index contributed by atoms with van der Waals surface area (Å²) in [5, 5.41) is 14.4. The standard InChI is InChI=1S/C26H32N2O8S2/c1-37(30,31)23-4-2-3-22(14-23)35-18-21(29)16-27-20-15-26(36-17-20)8-10-28(11-9-26)38(32,33)24-5-6-25-19(13-24)7-12-34-25/h2-7,12-14,20-21,27,29H,8-11,15-18H2,1H3. The third-order valence-electron chi connectivity index (χ3n) is 7.22. The van der Waals surface area contributed by atoms with Crippen molar-refractivity contribution < 1.29 is 35.8 Å².